The van der Waals surface area contributed by atoms with E-state index in [0.717, 1.165) is 0 Å². The summed E-state index contributed by atoms with van der Waals surface area (Å²) in [5.41, 5.74) is 0. The van der Waals surface area contributed by atoms with E-state index < -0.39 is 0 Å². The number of hydrogen-bond acceptors (Lipinski definition) is 0. The average Bonchev–Trinajstić information content (AvgIpc) is 0. The summed E-state index contributed by atoms with van der Waals surface area (Å²) in [6, 6.07) is 0. The Hall–Kier alpha value is 3.11. The molecule has 0 heterocycles. The van der Waals surface area contributed by atoms with Crippen LogP contribution >= 0.6 is 0 Å². The van der Waals surface area contributed by atoms with Crippen LogP contribution in [0.15, 0.2) is 0 Å². The molecule has 0 aliphatic carbocycles. The summed E-state index contributed by atoms with van der Waals surface area (Å²) in [5.74, 6) is 0. The second-order valence-corrected chi connectivity index (χ2v) is 0. The first-order valence-electron chi connectivity index (χ1n) is 0. The van der Waals surface area contributed by atoms with Crippen LogP contribution < -0.4 is 0 Å². The second kappa shape index (κ2) is 42.3. The first-order chi connectivity index (χ1) is 0. The Morgan fingerprint density at radius 2 is 0.667 bits per heavy atom. The van der Waals surface area contributed by atoms with Crippen LogP contribution in [0.2, 0.25) is 0 Å². The third-order valence-electron chi connectivity index (χ3n) is 0. The van der Waals surface area contributed by atoms with Gasteiger partial charge >= 0.3 is 63.8 Å². The van der Waals surface area contributed by atoms with Gasteiger partial charge < -0.3 is 40.5 Å². The van der Waals surface area contributed by atoms with Crippen molar-refractivity contribution in [2.75, 3.05) is 0 Å². The molecule has 0 N–H and O–H groups in total. The van der Waals surface area contributed by atoms with Gasteiger partial charge in [-0.1, -0.05) is 0 Å². The van der Waals surface area contributed by atoms with E-state index in [2.05, 4.69) is 0 Å². The summed E-state index contributed by atoms with van der Waals surface area (Å²) < 4.78 is 0. The summed E-state index contributed by atoms with van der Waals surface area (Å²) in [5, 5.41) is 0. The topological polar surface area (TPSA) is 0 Å². The summed E-state index contributed by atoms with van der Waals surface area (Å²) in [6.45, 7) is 0. The van der Waals surface area contributed by atoms with Crippen LogP contribution in [-0.4, -0.2) is 27.3 Å². The largest absolute Gasteiger partial charge is 2.00 e. The normalized spacial score (nSPS) is 0. The van der Waals surface area contributed by atoms with E-state index in [1.165, 1.54) is 0 Å². The van der Waals surface area contributed by atoms with Crippen molar-refractivity contribution in [3.8, 4) is 0 Å². The molecule has 0 bridgehead atoms. The third kappa shape index (κ3) is 27.4. The van der Waals surface area contributed by atoms with Gasteiger partial charge in [-0.15, -0.1) is 0 Å². The predicted molar refractivity (Wildman–Crippen MR) is 27.8 cm³/mol. The SMILES string of the molecule is [Cu+2].[Pb+2].[S-2].[S-2].[S-2].[Zn+2]. The number of hydrogen-bond donors (Lipinski definition) is 0. The molecule has 3 radical (unpaired) electrons. The molecule has 0 aromatic heterocycles. The minimum atomic E-state index is 0. The zero-order valence-electron chi connectivity index (χ0n) is 2.73. The standard InChI is InChI=1S/Cu.Pb.3S.Zn/q2*+2;3*-2;+2. The van der Waals surface area contributed by atoms with E-state index in [4.69, 9.17) is 0 Å². The molecule has 0 saturated heterocycles. The third-order valence-corrected chi connectivity index (χ3v) is 0. The Morgan fingerprint density at radius 1 is 0.667 bits per heavy atom. The minimum absolute atomic E-state index is 0. The molecule has 0 spiro atoms. The second-order valence-electron chi connectivity index (χ2n) is 0. The van der Waals surface area contributed by atoms with E-state index in [1.54, 1.807) is 0 Å². The summed E-state index contributed by atoms with van der Waals surface area (Å²) >= 11 is 0. The van der Waals surface area contributed by atoms with E-state index in [0.29, 0.717) is 0 Å². The molecule has 0 saturated carbocycles. The van der Waals surface area contributed by atoms with Gasteiger partial charge in [-0.3, -0.25) is 0 Å². The van der Waals surface area contributed by atoms with Crippen LogP contribution in [0, 0.1) is 0 Å². The molecule has 0 amide bonds. The molecule has 6 heteroatoms. The van der Waals surface area contributed by atoms with Gasteiger partial charge in [0, 0.05) is 0 Å². The Bertz CT molecular complexity index is 10.8. The maximum absolute atomic E-state index is 0. The van der Waals surface area contributed by atoms with Crippen molar-refractivity contribution >= 4 is 67.8 Å². The Morgan fingerprint density at radius 3 is 0.667 bits per heavy atom. The molecule has 0 aliphatic rings. The van der Waals surface area contributed by atoms with E-state index >= 15 is 0 Å². The fraction of sp³-hybridized carbons (Fsp3) is 0. The Kier molecular flexibility index (Phi) is 437. The molecule has 0 atom stereocenters. The average molecular weight is 432 g/mol. The number of rotatable bonds is 0. The molecule has 0 fully saturated rings. The quantitative estimate of drug-likeness (QED) is 0.458. The fourth-order valence-electron chi connectivity index (χ4n) is 0. The van der Waals surface area contributed by atoms with Crippen LogP contribution in [0.1, 0.15) is 0 Å². The van der Waals surface area contributed by atoms with E-state index in [-0.39, 0.29) is 104 Å². The summed E-state index contributed by atoms with van der Waals surface area (Å²) in [7, 11) is 0. The van der Waals surface area contributed by atoms with Crippen molar-refractivity contribution in [3.05, 3.63) is 0 Å². The van der Waals surface area contributed by atoms with Gasteiger partial charge in [0.1, 0.15) is 0 Å². The van der Waals surface area contributed by atoms with E-state index in [9.17, 15) is 0 Å². The van der Waals surface area contributed by atoms with E-state index in [1.807, 2.05) is 0 Å². The molecule has 6 heavy (non-hydrogen) atoms. The fourth-order valence-corrected chi connectivity index (χ4v) is 0. The molecule has 0 aliphatic heterocycles. The maximum atomic E-state index is 0. The van der Waals surface area contributed by atoms with Crippen molar-refractivity contribution in [1.29, 1.82) is 0 Å². The molecule has 35 valence electrons. The van der Waals surface area contributed by atoms with Crippen molar-refractivity contribution in [2.45, 2.75) is 0 Å². The van der Waals surface area contributed by atoms with Gasteiger partial charge in [0.15, 0.2) is 0 Å². The molecule has 0 aromatic carbocycles. The van der Waals surface area contributed by atoms with Gasteiger partial charge in [-0.05, 0) is 0 Å². The van der Waals surface area contributed by atoms with Crippen LogP contribution in [0.4, 0.5) is 0 Å². The summed E-state index contributed by atoms with van der Waals surface area (Å²) in [4.78, 5) is 0. The maximum Gasteiger partial charge on any atom is 2.00 e. The molecular formula is CuPbS3Zn. The van der Waals surface area contributed by atoms with Crippen molar-refractivity contribution in [2.24, 2.45) is 0 Å². The molecule has 0 unspecified atom stereocenters. The zero-order valence-corrected chi connectivity index (χ0v) is 13.0. The monoisotopic (exact) mass is 431 g/mol. The van der Waals surface area contributed by atoms with Crippen LogP contribution in [0.3, 0.4) is 0 Å². The predicted octanol–water partition coefficient (Wildman–Crippen LogP) is -0.393. The molecule has 0 aromatic rings. The molecular weight excluding hydrogens is 432 g/mol. The van der Waals surface area contributed by atoms with Gasteiger partial charge in [-0.25, -0.2) is 0 Å². The molecule has 0 nitrogen and oxygen atoms in total. The van der Waals surface area contributed by atoms with Gasteiger partial charge in [0.05, 0.1) is 0 Å². The van der Waals surface area contributed by atoms with Gasteiger partial charge in [0.2, 0.25) is 0 Å². The van der Waals surface area contributed by atoms with Crippen molar-refractivity contribution in [3.63, 3.8) is 0 Å². The smallest absolute Gasteiger partial charge is 2.00 e. The van der Waals surface area contributed by atoms with Gasteiger partial charge in [0.25, 0.3) is 0 Å². The van der Waals surface area contributed by atoms with Crippen molar-refractivity contribution in [1.82, 2.24) is 0 Å². The van der Waals surface area contributed by atoms with Crippen LogP contribution in [-0.2, 0) is 77.0 Å². The first-order valence-corrected chi connectivity index (χ1v) is 0. The molecule has 0 rings (SSSR count). The summed E-state index contributed by atoms with van der Waals surface area (Å²) in [6.07, 6.45) is 0. The Balaban J connectivity index is 0. The zero-order chi connectivity index (χ0) is 0. The first kappa shape index (κ1) is 61.9. The van der Waals surface area contributed by atoms with Crippen LogP contribution in [0.25, 0.3) is 0 Å². The minimum Gasteiger partial charge on any atom is -2.00 e. The van der Waals surface area contributed by atoms with Crippen molar-refractivity contribution < 1.29 is 36.5 Å². The van der Waals surface area contributed by atoms with Gasteiger partial charge in [-0.2, -0.15) is 0 Å². The Labute approximate surface area is 103 Å². The van der Waals surface area contributed by atoms with Crippen LogP contribution in [0.5, 0.6) is 0 Å².